The highest BCUT2D eigenvalue weighted by Gasteiger charge is 2.09. The van der Waals surface area contributed by atoms with Crippen LogP contribution in [0, 0.1) is 5.92 Å². The van der Waals surface area contributed by atoms with E-state index < -0.39 is 0 Å². The molecule has 0 saturated heterocycles. The summed E-state index contributed by atoms with van der Waals surface area (Å²) in [7, 11) is 0. The fraction of sp³-hybridized carbons (Fsp3) is 1.00. The maximum absolute atomic E-state index is 8.65. The van der Waals surface area contributed by atoms with Gasteiger partial charge < -0.3 is 14.6 Å². The molecule has 0 aromatic carbocycles. The van der Waals surface area contributed by atoms with Gasteiger partial charge in [-0.25, -0.2) is 0 Å². The molecule has 2 atom stereocenters. The van der Waals surface area contributed by atoms with Gasteiger partial charge in [-0.05, 0) is 25.7 Å². The van der Waals surface area contributed by atoms with Gasteiger partial charge in [0.2, 0.25) is 0 Å². The van der Waals surface area contributed by atoms with Crippen LogP contribution in [0.2, 0.25) is 0 Å². The summed E-state index contributed by atoms with van der Waals surface area (Å²) >= 11 is 0. The van der Waals surface area contributed by atoms with Crippen molar-refractivity contribution in [2.24, 2.45) is 5.92 Å². The lowest BCUT2D eigenvalue weighted by atomic mass is 9.97. The Hall–Kier alpha value is -0.120. The van der Waals surface area contributed by atoms with Crippen LogP contribution in [0.5, 0.6) is 0 Å². The molecule has 3 nitrogen and oxygen atoms in total. The number of ether oxygens (including phenoxy) is 2. The molecule has 2 unspecified atom stereocenters. The normalized spacial score (nSPS) is 14.7. The van der Waals surface area contributed by atoms with Gasteiger partial charge in [0, 0.05) is 6.61 Å². The lowest BCUT2D eigenvalue weighted by Gasteiger charge is -2.18. The monoisotopic (exact) mass is 260 g/mol. The Balaban J connectivity index is 3.61. The first kappa shape index (κ1) is 17.9. The van der Waals surface area contributed by atoms with E-state index >= 15 is 0 Å². The van der Waals surface area contributed by atoms with Crippen LogP contribution in [0.4, 0.5) is 0 Å². The smallest absolute Gasteiger partial charge is 0.0781 e. The zero-order chi connectivity index (χ0) is 13.6. The highest BCUT2D eigenvalue weighted by molar-refractivity contribution is 4.59. The third kappa shape index (κ3) is 11.0. The molecule has 0 radical (unpaired) electrons. The van der Waals surface area contributed by atoms with Gasteiger partial charge in [-0.15, -0.1) is 0 Å². The fourth-order valence-electron chi connectivity index (χ4n) is 2.10. The molecule has 0 saturated carbocycles. The van der Waals surface area contributed by atoms with Gasteiger partial charge in [0.1, 0.15) is 0 Å². The van der Waals surface area contributed by atoms with Gasteiger partial charge in [0.25, 0.3) is 0 Å². The molecule has 0 spiro atoms. The van der Waals surface area contributed by atoms with E-state index in [-0.39, 0.29) is 12.7 Å². The molecule has 0 aliphatic heterocycles. The minimum Gasteiger partial charge on any atom is -0.394 e. The van der Waals surface area contributed by atoms with Gasteiger partial charge in [-0.2, -0.15) is 0 Å². The maximum atomic E-state index is 8.65. The first-order valence-corrected chi connectivity index (χ1v) is 7.54. The highest BCUT2D eigenvalue weighted by atomic mass is 16.5. The maximum Gasteiger partial charge on any atom is 0.0781 e. The van der Waals surface area contributed by atoms with E-state index in [0.717, 1.165) is 6.61 Å². The van der Waals surface area contributed by atoms with E-state index in [4.69, 9.17) is 14.6 Å². The average molecular weight is 260 g/mol. The lowest BCUT2D eigenvalue weighted by Crippen LogP contribution is -2.20. The van der Waals surface area contributed by atoms with Crippen molar-refractivity contribution < 1.29 is 14.6 Å². The molecule has 18 heavy (non-hydrogen) atoms. The summed E-state index contributed by atoms with van der Waals surface area (Å²) in [6.07, 6.45) is 7.79. The molecule has 0 rings (SSSR count). The summed E-state index contributed by atoms with van der Waals surface area (Å²) in [5.74, 6) is 0.701. The molecule has 0 bridgehead atoms. The Morgan fingerprint density at radius 2 is 1.78 bits per heavy atom. The SMILES string of the molecule is CCCCCC(CCC)COCC(C)OCCO. The second kappa shape index (κ2) is 13.3. The minimum atomic E-state index is 0.0788. The summed E-state index contributed by atoms with van der Waals surface area (Å²) in [6.45, 7) is 8.44. The second-order valence-corrected chi connectivity index (χ2v) is 5.09. The van der Waals surface area contributed by atoms with Gasteiger partial charge in [0.15, 0.2) is 0 Å². The van der Waals surface area contributed by atoms with Crippen molar-refractivity contribution >= 4 is 0 Å². The largest absolute Gasteiger partial charge is 0.394 e. The van der Waals surface area contributed by atoms with Crippen LogP contribution in [-0.4, -0.2) is 37.6 Å². The minimum absolute atomic E-state index is 0.0788. The van der Waals surface area contributed by atoms with Crippen LogP contribution < -0.4 is 0 Å². The summed E-state index contributed by atoms with van der Waals surface area (Å²) < 4.78 is 11.1. The first-order chi connectivity index (χ1) is 8.74. The van der Waals surface area contributed by atoms with Gasteiger partial charge >= 0.3 is 0 Å². The highest BCUT2D eigenvalue weighted by Crippen LogP contribution is 2.16. The molecule has 0 aliphatic carbocycles. The number of hydrogen-bond acceptors (Lipinski definition) is 3. The van der Waals surface area contributed by atoms with E-state index in [1.807, 2.05) is 6.92 Å². The van der Waals surface area contributed by atoms with Crippen LogP contribution in [0.25, 0.3) is 0 Å². The predicted molar refractivity (Wildman–Crippen MR) is 75.9 cm³/mol. The standard InChI is InChI=1S/C15H32O3/c1-4-6-7-9-15(8-5-2)13-17-12-14(3)18-11-10-16/h14-16H,4-13H2,1-3H3. The number of rotatable bonds is 13. The Morgan fingerprint density at radius 3 is 2.39 bits per heavy atom. The summed E-state index contributed by atoms with van der Waals surface area (Å²) in [5.41, 5.74) is 0. The zero-order valence-corrected chi connectivity index (χ0v) is 12.5. The molecule has 110 valence electrons. The van der Waals surface area contributed by atoms with Crippen molar-refractivity contribution in [3.63, 3.8) is 0 Å². The lowest BCUT2D eigenvalue weighted by molar-refractivity contribution is -0.0269. The first-order valence-electron chi connectivity index (χ1n) is 7.54. The van der Waals surface area contributed by atoms with Gasteiger partial charge in [0.05, 0.1) is 25.9 Å². The molecule has 0 heterocycles. The zero-order valence-electron chi connectivity index (χ0n) is 12.5. The van der Waals surface area contributed by atoms with Crippen molar-refractivity contribution in [2.45, 2.75) is 65.4 Å². The Morgan fingerprint density at radius 1 is 1.00 bits per heavy atom. The van der Waals surface area contributed by atoms with Gasteiger partial charge in [-0.3, -0.25) is 0 Å². The molecular weight excluding hydrogens is 228 g/mol. The molecule has 0 aliphatic rings. The van der Waals surface area contributed by atoms with Crippen LogP contribution >= 0.6 is 0 Å². The topological polar surface area (TPSA) is 38.7 Å². The molecule has 0 aromatic rings. The van der Waals surface area contributed by atoms with Gasteiger partial charge in [-0.1, -0.05) is 39.5 Å². The van der Waals surface area contributed by atoms with Crippen molar-refractivity contribution in [1.82, 2.24) is 0 Å². The van der Waals surface area contributed by atoms with E-state index in [2.05, 4.69) is 13.8 Å². The Bertz CT molecular complexity index is 162. The third-order valence-electron chi connectivity index (χ3n) is 3.11. The number of aliphatic hydroxyl groups is 1. The third-order valence-corrected chi connectivity index (χ3v) is 3.11. The number of aliphatic hydroxyl groups excluding tert-OH is 1. The molecule has 1 N–H and O–H groups in total. The molecule has 0 fully saturated rings. The second-order valence-electron chi connectivity index (χ2n) is 5.09. The van der Waals surface area contributed by atoms with E-state index in [1.165, 1.54) is 38.5 Å². The van der Waals surface area contributed by atoms with E-state index in [0.29, 0.717) is 19.1 Å². The van der Waals surface area contributed by atoms with Crippen LogP contribution in [-0.2, 0) is 9.47 Å². The van der Waals surface area contributed by atoms with Crippen LogP contribution in [0.1, 0.15) is 59.3 Å². The predicted octanol–water partition coefficient (Wildman–Crippen LogP) is 3.40. The van der Waals surface area contributed by atoms with Crippen molar-refractivity contribution in [3.05, 3.63) is 0 Å². The molecular formula is C15H32O3. The quantitative estimate of drug-likeness (QED) is 0.516. The summed E-state index contributed by atoms with van der Waals surface area (Å²) in [4.78, 5) is 0. The Labute approximate surface area is 113 Å². The van der Waals surface area contributed by atoms with Crippen molar-refractivity contribution in [1.29, 1.82) is 0 Å². The van der Waals surface area contributed by atoms with Crippen molar-refractivity contribution in [2.75, 3.05) is 26.4 Å². The van der Waals surface area contributed by atoms with E-state index in [9.17, 15) is 0 Å². The number of unbranched alkanes of at least 4 members (excludes halogenated alkanes) is 2. The Kier molecular flexibility index (Phi) is 13.2. The fourth-order valence-corrected chi connectivity index (χ4v) is 2.10. The molecule has 0 amide bonds. The molecule has 0 aromatic heterocycles. The summed E-state index contributed by atoms with van der Waals surface area (Å²) in [5, 5.41) is 8.65. The van der Waals surface area contributed by atoms with Crippen molar-refractivity contribution in [3.8, 4) is 0 Å². The van der Waals surface area contributed by atoms with E-state index in [1.54, 1.807) is 0 Å². The van der Waals surface area contributed by atoms with Crippen LogP contribution in [0.3, 0.4) is 0 Å². The average Bonchev–Trinajstić information content (AvgIpc) is 2.36. The summed E-state index contributed by atoms with van der Waals surface area (Å²) in [6, 6.07) is 0. The van der Waals surface area contributed by atoms with Crippen LogP contribution in [0.15, 0.2) is 0 Å². The molecule has 3 heteroatoms. The number of hydrogen-bond donors (Lipinski definition) is 1.